The average molecular weight is 648 g/mol. The average Bonchev–Trinajstić information content (AvgIpc) is 2.82. The summed E-state index contributed by atoms with van der Waals surface area (Å²) < 4.78 is 0. The summed E-state index contributed by atoms with van der Waals surface area (Å²) in [4.78, 5) is 2.44. The predicted octanol–water partition coefficient (Wildman–Crippen LogP) is 3.89. The third-order valence-electron chi connectivity index (χ3n) is 7.86. The fraction of sp³-hybridized carbons (Fsp3) is 0.657. The van der Waals surface area contributed by atoms with Gasteiger partial charge in [-0.05, 0) is 75.9 Å². The molecule has 0 aliphatic rings. The van der Waals surface area contributed by atoms with Gasteiger partial charge >= 0.3 is 17.1 Å². The maximum atomic E-state index is 3.85. The van der Waals surface area contributed by atoms with Gasteiger partial charge < -0.3 is 40.3 Å². The van der Waals surface area contributed by atoms with E-state index >= 15 is 0 Å². The Morgan fingerprint density at radius 1 is 0.488 bits per heavy atom. The summed E-state index contributed by atoms with van der Waals surface area (Å²) in [6.07, 6.45) is 0. The van der Waals surface area contributed by atoms with E-state index in [-0.39, 0.29) is 41.9 Å². The molecule has 0 amide bonds. The second kappa shape index (κ2) is 19.4. The van der Waals surface area contributed by atoms with E-state index in [1.807, 2.05) is 0 Å². The number of nitrogens with zero attached hydrogens (tertiary/aromatic N) is 1. The van der Waals surface area contributed by atoms with Crippen molar-refractivity contribution < 1.29 is 41.9 Å². The first-order valence-electron chi connectivity index (χ1n) is 15.3. The quantitative estimate of drug-likeness (QED) is 0.305. The van der Waals surface area contributed by atoms with Gasteiger partial charge in [0.1, 0.15) is 0 Å². The Morgan fingerprint density at radius 3 is 0.927 bits per heavy atom. The summed E-state index contributed by atoms with van der Waals surface area (Å²) in [6.45, 7) is 31.7. The van der Waals surface area contributed by atoms with Crippen molar-refractivity contribution in [3.8, 4) is 0 Å². The number of hydrogen-bond acceptors (Lipinski definition) is 3. The van der Waals surface area contributed by atoms with E-state index in [4.69, 9.17) is 0 Å². The van der Waals surface area contributed by atoms with Crippen LogP contribution in [0, 0.1) is 0 Å². The fourth-order valence-electron chi connectivity index (χ4n) is 5.18. The van der Waals surface area contributed by atoms with Gasteiger partial charge in [0.05, 0.1) is 0 Å². The SMILES string of the molecule is CC(C)c1cc(C(C)C)c(NCCN(C)CCNc2c(C(C)C)cc(C(C)C)cc2C(C)C)c(C(C)C)c1.[Cl-].[Cl-].[Mn+2]. The van der Waals surface area contributed by atoms with Crippen LogP contribution in [0.4, 0.5) is 11.4 Å². The van der Waals surface area contributed by atoms with Gasteiger partial charge in [0.25, 0.3) is 0 Å². The Kier molecular flexibility index (Phi) is 20.0. The zero-order chi connectivity index (χ0) is 28.7. The van der Waals surface area contributed by atoms with E-state index in [2.05, 4.69) is 130 Å². The standard InChI is InChI=1S/C35H59N3.2ClH.Mn/c1-22(2)28-18-30(24(5)6)34(31(19-28)25(7)8)36-14-16-38(13)17-15-37-35-32(26(9)10)20-29(23(3)4)21-33(35)27(11)12;;;/h18-27,36-37H,14-17H2,1-13H3;2*1H;/q;;;+2/p-2. The summed E-state index contributed by atoms with van der Waals surface area (Å²) in [7, 11) is 2.24. The minimum atomic E-state index is 0. The van der Waals surface area contributed by atoms with E-state index in [0.717, 1.165) is 26.2 Å². The van der Waals surface area contributed by atoms with Crippen molar-refractivity contribution in [2.24, 2.45) is 0 Å². The van der Waals surface area contributed by atoms with E-state index < -0.39 is 0 Å². The van der Waals surface area contributed by atoms with Gasteiger partial charge in [0.2, 0.25) is 0 Å². The maximum Gasteiger partial charge on any atom is 2.00 e. The second-order valence-electron chi connectivity index (χ2n) is 13.2. The molecule has 235 valence electrons. The molecule has 2 aromatic carbocycles. The summed E-state index contributed by atoms with van der Waals surface area (Å²) in [5, 5.41) is 7.71. The first kappa shape index (κ1) is 42.2. The van der Waals surface area contributed by atoms with Crippen molar-refractivity contribution in [1.82, 2.24) is 4.90 Å². The van der Waals surface area contributed by atoms with Gasteiger partial charge in [-0.2, -0.15) is 0 Å². The van der Waals surface area contributed by atoms with E-state index in [1.54, 1.807) is 0 Å². The smallest absolute Gasteiger partial charge is 1.00 e. The van der Waals surface area contributed by atoms with Crippen LogP contribution in [0.5, 0.6) is 0 Å². The molecule has 0 saturated heterocycles. The van der Waals surface area contributed by atoms with Crippen LogP contribution in [0.2, 0.25) is 0 Å². The van der Waals surface area contributed by atoms with Crippen molar-refractivity contribution in [2.75, 3.05) is 43.9 Å². The van der Waals surface area contributed by atoms with Crippen LogP contribution in [0.1, 0.15) is 152 Å². The summed E-state index contributed by atoms with van der Waals surface area (Å²) in [5.41, 5.74) is 11.4. The van der Waals surface area contributed by atoms with Crippen LogP contribution in [0.3, 0.4) is 0 Å². The predicted molar refractivity (Wildman–Crippen MR) is 172 cm³/mol. The molecule has 41 heavy (non-hydrogen) atoms. The number of rotatable bonds is 14. The monoisotopic (exact) mass is 646 g/mol. The third-order valence-corrected chi connectivity index (χ3v) is 7.86. The Balaban J connectivity index is 0. The molecule has 0 saturated carbocycles. The number of nitrogens with one attached hydrogen (secondary N) is 2. The first-order valence-corrected chi connectivity index (χ1v) is 15.3. The molecule has 0 heterocycles. The van der Waals surface area contributed by atoms with Crippen LogP contribution in [-0.4, -0.2) is 38.1 Å². The molecule has 0 spiro atoms. The van der Waals surface area contributed by atoms with Gasteiger partial charge in [0, 0.05) is 37.6 Å². The topological polar surface area (TPSA) is 27.3 Å². The molecule has 2 N–H and O–H groups in total. The van der Waals surface area contributed by atoms with Crippen molar-refractivity contribution >= 4 is 11.4 Å². The molecule has 0 unspecified atom stereocenters. The second-order valence-corrected chi connectivity index (χ2v) is 13.2. The number of benzene rings is 2. The van der Waals surface area contributed by atoms with Crippen molar-refractivity contribution in [1.29, 1.82) is 0 Å². The molecule has 3 nitrogen and oxygen atoms in total. The molecule has 0 atom stereocenters. The molecule has 0 aliphatic heterocycles. The Morgan fingerprint density at radius 2 is 0.732 bits per heavy atom. The van der Waals surface area contributed by atoms with Gasteiger partial charge in [-0.25, -0.2) is 0 Å². The number of hydrogen-bond donors (Lipinski definition) is 2. The van der Waals surface area contributed by atoms with Crippen LogP contribution in [0.15, 0.2) is 24.3 Å². The molecule has 0 aromatic heterocycles. The largest absolute Gasteiger partial charge is 2.00 e. The summed E-state index contributed by atoms with van der Waals surface area (Å²) >= 11 is 0. The normalized spacial score (nSPS) is 11.4. The molecule has 2 aromatic rings. The minimum absolute atomic E-state index is 0. The molecular formula is C35H59Cl2MnN3. The maximum absolute atomic E-state index is 3.85. The molecule has 0 aliphatic carbocycles. The van der Waals surface area contributed by atoms with Gasteiger partial charge in [-0.15, -0.1) is 0 Å². The molecule has 0 bridgehead atoms. The summed E-state index contributed by atoms with van der Waals surface area (Å²) in [6, 6.07) is 9.72. The third kappa shape index (κ3) is 12.0. The van der Waals surface area contributed by atoms with Gasteiger partial charge in [-0.3, -0.25) is 0 Å². The van der Waals surface area contributed by atoms with E-state index in [9.17, 15) is 0 Å². The van der Waals surface area contributed by atoms with E-state index in [0.29, 0.717) is 35.5 Å². The molecule has 6 heteroatoms. The van der Waals surface area contributed by atoms with Crippen LogP contribution < -0.4 is 35.4 Å². The Labute approximate surface area is 277 Å². The van der Waals surface area contributed by atoms with Gasteiger partial charge in [-0.1, -0.05) is 107 Å². The van der Waals surface area contributed by atoms with Crippen LogP contribution in [-0.2, 0) is 17.1 Å². The van der Waals surface area contributed by atoms with Crippen LogP contribution in [0.25, 0.3) is 0 Å². The first-order chi connectivity index (χ1) is 17.7. The molecule has 1 radical (unpaired) electrons. The van der Waals surface area contributed by atoms with Gasteiger partial charge in [0.15, 0.2) is 0 Å². The zero-order valence-corrected chi connectivity index (χ0v) is 30.9. The molecule has 0 fully saturated rings. The van der Waals surface area contributed by atoms with Crippen molar-refractivity contribution in [3.63, 3.8) is 0 Å². The van der Waals surface area contributed by atoms with E-state index in [1.165, 1.54) is 44.8 Å². The van der Waals surface area contributed by atoms with Crippen molar-refractivity contribution in [3.05, 3.63) is 57.6 Å². The molecule has 2 rings (SSSR count). The number of anilines is 2. The fourth-order valence-corrected chi connectivity index (χ4v) is 5.18. The molecular weight excluding hydrogens is 588 g/mol. The van der Waals surface area contributed by atoms with Crippen molar-refractivity contribution in [2.45, 2.75) is 119 Å². The Bertz CT molecular complexity index is 893. The Hall–Kier alpha value is -0.901. The minimum Gasteiger partial charge on any atom is -1.00 e. The number of likely N-dealkylation sites (N-methyl/N-ethyl adjacent to an activating group) is 1. The van der Waals surface area contributed by atoms with Crippen LogP contribution >= 0.6 is 0 Å². The summed E-state index contributed by atoms with van der Waals surface area (Å²) in [5.74, 6) is 3.11. The number of halogens is 2. The zero-order valence-electron chi connectivity index (χ0n) is 28.2.